The zero-order chi connectivity index (χ0) is 14.9. The lowest BCUT2D eigenvalue weighted by Gasteiger charge is -2.12. The van der Waals surface area contributed by atoms with Gasteiger partial charge in [-0.25, -0.2) is 4.39 Å². The van der Waals surface area contributed by atoms with Crippen molar-refractivity contribution in [1.29, 1.82) is 0 Å². The predicted molar refractivity (Wildman–Crippen MR) is 89.5 cm³/mol. The first kappa shape index (κ1) is 12.8. The van der Waals surface area contributed by atoms with Gasteiger partial charge in [-0.15, -0.1) is 0 Å². The minimum absolute atomic E-state index is 0.238. The highest BCUT2D eigenvalue weighted by Crippen LogP contribution is 2.38. The third kappa shape index (κ3) is 2.19. The first-order valence-electron chi connectivity index (χ1n) is 7.24. The van der Waals surface area contributed by atoms with E-state index >= 15 is 0 Å². The summed E-state index contributed by atoms with van der Waals surface area (Å²) >= 11 is 0. The van der Waals surface area contributed by atoms with Crippen LogP contribution in [-0.4, -0.2) is 0 Å². The van der Waals surface area contributed by atoms with Gasteiger partial charge in [0.1, 0.15) is 5.82 Å². The summed E-state index contributed by atoms with van der Waals surface area (Å²) in [5.41, 5.74) is 6.09. The molecule has 0 atom stereocenters. The normalized spacial score (nSPS) is 12.5. The van der Waals surface area contributed by atoms with Crippen LogP contribution in [0.1, 0.15) is 16.7 Å². The van der Waals surface area contributed by atoms with Crippen molar-refractivity contribution in [3.8, 4) is 0 Å². The molecule has 1 nitrogen and oxygen atoms in total. The Balaban J connectivity index is 2.01. The number of hydrogen-bond acceptors (Lipinski definition) is 1. The Bertz CT molecular complexity index is 866. The van der Waals surface area contributed by atoms with Crippen molar-refractivity contribution >= 4 is 23.0 Å². The van der Waals surface area contributed by atoms with Gasteiger partial charge in [0.2, 0.25) is 0 Å². The second-order valence-corrected chi connectivity index (χ2v) is 5.33. The van der Waals surface area contributed by atoms with Crippen LogP contribution in [-0.2, 0) is 0 Å². The molecule has 106 valence electrons. The molecule has 1 aliphatic rings. The maximum Gasteiger partial charge on any atom is 0.125 e. The van der Waals surface area contributed by atoms with Crippen molar-refractivity contribution in [2.45, 2.75) is 0 Å². The third-order valence-corrected chi connectivity index (χ3v) is 3.89. The molecule has 1 N–H and O–H groups in total. The lowest BCUT2D eigenvalue weighted by molar-refractivity contribution is 0.628. The second kappa shape index (κ2) is 5.15. The van der Waals surface area contributed by atoms with Crippen molar-refractivity contribution < 1.29 is 4.39 Å². The summed E-state index contributed by atoms with van der Waals surface area (Å²) in [6.07, 6.45) is 2.15. The molecule has 0 aromatic heterocycles. The topological polar surface area (TPSA) is 12.0 Å². The standard InChI is InChI=1S/C20H14FN/c21-16-10-11-17-18(14-6-2-1-3-7-14)12-15-8-4-5-9-19(15)22-20(17)13-16/h1-13,22H. The van der Waals surface area contributed by atoms with Crippen LogP contribution in [0, 0.1) is 5.82 Å². The number of rotatable bonds is 1. The summed E-state index contributed by atoms with van der Waals surface area (Å²) < 4.78 is 13.7. The van der Waals surface area contributed by atoms with E-state index in [1.54, 1.807) is 6.07 Å². The van der Waals surface area contributed by atoms with Crippen molar-refractivity contribution in [3.05, 3.63) is 95.3 Å². The van der Waals surface area contributed by atoms with E-state index in [1.165, 1.54) is 6.07 Å². The molecule has 0 spiro atoms. The van der Waals surface area contributed by atoms with Gasteiger partial charge in [0.25, 0.3) is 0 Å². The summed E-state index contributed by atoms with van der Waals surface area (Å²) in [7, 11) is 0. The molecule has 1 heterocycles. The van der Waals surface area contributed by atoms with E-state index in [9.17, 15) is 4.39 Å². The molecule has 0 bridgehead atoms. The summed E-state index contributed by atoms with van der Waals surface area (Å²) in [5.74, 6) is -0.238. The molecular formula is C20H14FN. The Morgan fingerprint density at radius 2 is 1.50 bits per heavy atom. The molecule has 1 aliphatic heterocycles. The fourth-order valence-corrected chi connectivity index (χ4v) is 2.83. The van der Waals surface area contributed by atoms with Gasteiger partial charge >= 0.3 is 0 Å². The summed E-state index contributed by atoms with van der Waals surface area (Å²) in [4.78, 5) is 0. The van der Waals surface area contributed by atoms with Crippen molar-refractivity contribution in [2.24, 2.45) is 0 Å². The quantitative estimate of drug-likeness (QED) is 0.489. The largest absolute Gasteiger partial charge is 0.354 e. The molecule has 0 fully saturated rings. The third-order valence-electron chi connectivity index (χ3n) is 3.89. The van der Waals surface area contributed by atoms with Crippen LogP contribution in [0.15, 0.2) is 72.8 Å². The molecule has 3 aromatic rings. The Hall–Kier alpha value is -2.87. The zero-order valence-corrected chi connectivity index (χ0v) is 11.9. The highest BCUT2D eigenvalue weighted by atomic mass is 19.1. The molecular weight excluding hydrogens is 273 g/mol. The number of benzene rings is 3. The molecule has 0 unspecified atom stereocenters. The van der Waals surface area contributed by atoms with Crippen LogP contribution in [0.5, 0.6) is 0 Å². The van der Waals surface area contributed by atoms with Crippen LogP contribution in [0.25, 0.3) is 11.6 Å². The first-order valence-corrected chi connectivity index (χ1v) is 7.24. The van der Waals surface area contributed by atoms with Gasteiger partial charge in [-0.05, 0) is 47.0 Å². The van der Waals surface area contributed by atoms with Crippen LogP contribution < -0.4 is 5.32 Å². The highest BCUT2D eigenvalue weighted by Gasteiger charge is 2.16. The van der Waals surface area contributed by atoms with E-state index in [4.69, 9.17) is 0 Å². The molecule has 0 amide bonds. The minimum Gasteiger partial charge on any atom is -0.354 e. The maximum absolute atomic E-state index is 13.7. The smallest absolute Gasteiger partial charge is 0.125 e. The average molecular weight is 287 g/mol. The van der Waals surface area contributed by atoms with Crippen molar-refractivity contribution in [1.82, 2.24) is 0 Å². The van der Waals surface area contributed by atoms with Gasteiger partial charge in [-0.3, -0.25) is 0 Å². The number of fused-ring (bicyclic) bond motifs is 2. The molecule has 4 rings (SSSR count). The van der Waals surface area contributed by atoms with E-state index in [-0.39, 0.29) is 5.82 Å². The minimum atomic E-state index is -0.238. The van der Waals surface area contributed by atoms with E-state index in [2.05, 4.69) is 29.6 Å². The summed E-state index contributed by atoms with van der Waals surface area (Å²) in [6.45, 7) is 0. The Kier molecular flexibility index (Phi) is 3.01. The highest BCUT2D eigenvalue weighted by molar-refractivity contribution is 6.00. The number of halogens is 1. The van der Waals surface area contributed by atoms with Gasteiger partial charge in [-0.2, -0.15) is 0 Å². The summed E-state index contributed by atoms with van der Waals surface area (Å²) in [5, 5.41) is 3.35. The van der Waals surface area contributed by atoms with E-state index < -0.39 is 0 Å². The number of para-hydroxylation sites is 1. The zero-order valence-electron chi connectivity index (χ0n) is 11.9. The van der Waals surface area contributed by atoms with Crippen LogP contribution >= 0.6 is 0 Å². The summed E-state index contributed by atoms with van der Waals surface area (Å²) in [6, 6.07) is 23.1. The van der Waals surface area contributed by atoms with Gasteiger partial charge in [0.15, 0.2) is 0 Å². The second-order valence-electron chi connectivity index (χ2n) is 5.33. The molecule has 0 aliphatic carbocycles. The predicted octanol–water partition coefficient (Wildman–Crippen LogP) is 5.47. The van der Waals surface area contributed by atoms with Crippen LogP contribution in [0.2, 0.25) is 0 Å². The molecule has 3 aromatic carbocycles. The molecule has 0 saturated heterocycles. The lowest BCUT2D eigenvalue weighted by atomic mass is 9.95. The maximum atomic E-state index is 13.7. The molecule has 0 saturated carbocycles. The molecule has 22 heavy (non-hydrogen) atoms. The van der Waals surface area contributed by atoms with Gasteiger partial charge < -0.3 is 5.32 Å². The van der Waals surface area contributed by atoms with Crippen molar-refractivity contribution in [3.63, 3.8) is 0 Å². The number of hydrogen-bond donors (Lipinski definition) is 1. The lowest BCUT2D eigenvalue weighted by Crippen LogP contribution is -1.95. The Morgan fingerprint density at radius 3 is 2.36 bits per heavy atom. The average Bonchev–Trinajstić information content (AvgIpc) is 2.71. The van der Waals surface area contributed by atoms with Gasteiger partial charge in [-0.1, -0.05) is 48.5 Å². The number of nitrogens with one attached hydrogen (secondary N) is 1. The van der Waals surface area contributed by atoms with E-state index in [1.807, 2.05) is 42.5 Å². The van der Waals surface area contributed by atoms with Crippen molar-refractivity contribution in [2.75, 3.05) is 5.32 Å². The monoisotopic (exact) mass is 287 g/mol. The van der Waals surface area contributed by atoms with Crippen LogP contribution in [0.4, 0.5) is 15.8 Å². The van der Waals surface area contributed by atoms with Crippen LogP contribution in [0.3, 0.4) is 0 Å². The number of anilines is 2. The van der Waals surface area contributed by atoms with Gasteiger partial charge in [0.05, 0.1) is 0 Å². The Labute approximate surface area is 128 Å². The Morgan fingerprint density at radius 1 is 0.727 bits per heavy atom. The first-order chi connectivity index (χ1) is 10.8. The van der Waals surface area contributed by atoms with E-state index in [0.717, 1.165) is 33.6 Å². The molecule has 0 radical (unpaired) electrons. The van der Waals surface area contributed by atoms with E-state index in [0.29, 0.717) is 0 Å². The fraction of sp³-hybridized carbons (Fsp3) is 0. The molecule has 2 heteroatoms. The van der Waals surface area contributed by atoms with Gasteiger partial charge in [0, 0.05) is 16.9 Å². The fourth-order valence-electron chi connectivity index (χ4n) is 2.83. The SMILES string of the molecule is Fc1ccc2c(c1)Nc1ccccc1C=C2c1ccccc1.